The standard InChI is InChI=1S/C18H20N6O/c1-24(2)14-11-16(23-22-12-14)19-9-10-21-18(25)17-15-6-4-3-5-13(15)7-8-20-17/h3-8,11-12H,9-10H2,1-2H3,(H,19,23)(H,21,25). The average molecular weight is 336 g/mol. The second-order valence-corrected chi connectivity index (χ2v) is 5.76. The highest BCUT2D eigenvalue weighted by Gasteiger charge is 2.10. The van der Waals surface area contributed by atoms with E-state index in [4.69, 9.17) is 0 Å². The van der Waals surface area contributed by atoms with Gasteiger partial charge < -0.3 is 15.5 Å². The smallest absolute Gasteiger partial charge is 0.270 e. The van der Waals surface area contributed by atoms with Crippen LogP contribution >= 0.6 is 0 Å². The van der Waals surface area contributed by atoms with E-state index in [1.807, 2.05) is 55.4 Å². The lowest BCUT2D eigenvalue weighted by Gasteiger charge is -2.13. The Hall–Kier alpha value is -3.22. The second-order valence-electron chi connectivity index (χ2n) is 5.76. The average Bonchev–Trinajstić information content (AvgIpc) is 2.65. The lowest BCUT2D eigenvalue weighted by molar-refractivity contribution is 0.0952. The van der Waals surface area contributed by atoms with Crippen LogP contribution in [0.25, 0.3) is 10.8 Å². The summed E-state index contributed by atoms with van der Waals surface area (Å²) >= 11 is 0. The van der Waals surface area contributed by atoms with E-state index in [1.54, 1.807) is 12.4 Å². The fraction of sp³-hybridized carbons (Fsp3) is 0.222. The predicted molar refractivity (Wildman–Crippen MR) is 98.9 cm³/mol. The second kappa shape index (κ2) is 7.57. The summed E-state index contributed by atoms with van der Waals surface area (Å²) in [5, 5.41) is 15.8. The Bertz CT molecular complexity index is 875. The van der Waals surface area contributed by atoms with Crippen LogP contribution in [0.1, 0.15) is 10.5 Å². The van der Waals surface area contributed by atoms with E-state index in [-0.39, 0.29) is 5.91 Å². The summed E-state index contributed by atoms with van der Waals surface area (Å²) in [6, 6.07) is 11.5. The van der Waals surface area contributed by atoms with Crippen molar-refractivity contribution in [3.05, 3.63) is 54.5 Å². The van der Waals surface area contributed by atoms with Crippen molar-refractivity contribution < 1.29 is 4.79 Å². The van der Waals surface area contributed by atoms with Gasteiger partial charge in [-0.1, -0.05) is 24.3 Å². The Morgan fingerprint density at radius 2 is 2.00 bits per heavy atom. The number of aromatic nitrogens is 3. The maximum atomic E-state index is 12.4. The highest BCUT2D eigenvalue weighted by molar-refractivity contribution is 6.05. The molecular weight excluding hydrogens is 316 g/mol. The number of carbonyl (C=O) groups is 1. The Morgan fingerprint density at radius 1 is 1.16 bits per heavy atom. The highest BCUT2D eigenvalue weighted by atomic mass is 16.1. The summed E-state index contributed by atoms with van der Waals surface area (Å²) in [5.74, 6) is 0.482. The van der Waals surface area contributed by atoms with Crippen LogP contribution in [0, 0.1) is 0 Å². The Balaban J connectivity index is 1.57. The normalized spacial score (nSPS) is 10.5. The summed E-state index contributed by atoms with van der Waals surface area (Å²) in [6.07, 6.45) is 3.34. The molecule has 2 heterocycles. The van der Waals surface area contributed by atoms with Crippen LogP contribution in [0.3, 0.4) is 0 Å². The molecule has 7 heteroatoms. The minimum absolute atomic E-state index is 0.188. The van der Waals surface area contributed by atoms with Gasteiger partial charge in [0.1, 0.15) is 5.69 Å². The number of rotatable bonds is 6. The van der Waals surface area contributed by atoms with Crippen molar-refractivity contribution in [2.75, 3.05) is 37.4 Å². The highest BCUT2D eigenvalue weighted by Crippen LogP contribution is 2.16. The summed E-state index contributed by atoms with van der Waals surface area (Å²) < 4.78 is 0. The van der Waals surface area contributed by atoms with Gasteiger partial charge in [0.25, 0.3) is 5.91 Å². The Labute approximate surface area is 146 Å². The fourth-order valence-corrected chi connectivity index (χ4v) is 2.44. The Morgan fingerprint density at radius 3 is 2.84 bits per heavy atom. The summed E-state index contributed by atoms with van der Waals surface area (Å²) in [4.78, 5) is 18.5. The summed E-state index contributed by atoms with van der Waals surface area (Å²) in [6.45, 7) is 1.000. The van der Waals surface area contributed by atoms with Gasteiger partial charge in [-0.15, -0.1) is 5.10 Å². The van der Waals surface area contributed by atoms with Crippen molar-refractivity contribution in [1.82, 2.24) is 20.5 Å². The van der Waals surface area contributed by atoms with E-state index >= 15 is 0 Å². The van der Waals surface area contributed by atoms with Crippen LogP contribution in [-0.2, 0) is 0 Å². The first-order valence-corrected chi connectivity index (χ1v) is 8.01. The topological polar surface area (TPSA) is 83.0 Å². The molecule has 1 aromatic carbocycles. The molecule has 2 aromatic heterocycles. The minimum Gasteiger partial charge on any atom is -0.376 e. The van der Waals surface area contributed by atoms with Gasteiger partial charge in [-0.2, -0.15) is 5.10 Å². The third-order valence-electron chi connectivity index (χ3n) is 3.76. The number of hydrogen-bond donors (Lipinski definition) is 2. The number of anilines is 2. The van der Waals surface area contributed by atoms with Gasteiger partial charge in [-0.05, 0) is 11.5 Å². The van der Waals surface area contributed by atoms with E-state index in [0.717, 1.165) is 16.5 Å². The molecule has 0 atom stereocenters. The SMILES string of the molecule is CN(C)c1cnnc(NCCNC(=O)c2nccc3ccccc23)c1. The van der Waals surface area contributed by atoms with Crippen molar-refractivity contribution in [3.63, 3.8) is 0 Å². The molecule has 0 bridgehead atoms. The molecule has 0 unspecified atom stereocenters. The minimum atomic E-state index is -0.188. The maximum absolute atomic E-state index is 12.4. The van der Waals surface area contributed by atoms with Crippen molar-refractivity contribution >= 4 is 28.2 Å². The number of fused-ring (bicyclic) bond motifs is 1. The van der Waals surface area contributed by atoms with Crippen LogP contribution in [0.5, 0.6) is 0 Å². The molecule has 0 saturated heterocycles. The van der Waals surface area contributed by atoms with Gasteiger partial charge in [0.15, 0.2) is 5.82 Å². The van der Waals surface area contributed by atoms with Gasteiger partial charge >= 0.3 is 0 Å². The van der Waals surface area contributed by atoms with Crippen molar-refractivity contribution in [2.45, 2.75) is 0 Å². The lowest BCUT2D eigenvalue weighted by Crippen LogP contribution is -2.29. The van der Waals surface area contributed by atoms with Crippen molar-refractivity contribution in [2.24, 2.45) is 0 Å². The molecule has 0 fully saturated rings. The van der Waals surface area contributed by atoms with Gasteiger partial charge in [-0.3, -0.25) is 9.78 Å². The fourth-order valence-electron chi connectivity index (χ4n) is 2.44. The molecule has 128 valence electrons. The third kappa shape index (κ3) is 4.00. The number of nitrogens with one attached hydrogen (secondary N) is 2. The third-order valence-corrected chi connectivity index (χ3v) is 3.76. The molecule has 0 aliphatic rings. The summed E-state index contributed by atoms with van der Waals surface area (Å²) in [5.41, 5.74) is 1.40. The maximum Gasteiger partial charge on any atom is 0.270 e. The van der Waals surface area contributed by atoms with Crippen LogP contribution in [0.2, 0.25) is 0 Å². The van der Waals surface area contributed by atoms with E-state index in [1.165, 1.54) is 0 Å². The first kappa shape index (κ1) is 16.6. The largest absolute Gasteiger partial charge is 0.376 e. The molecule has 3 rings (SSSR count). The first-order valence-electron chi connectivity index (χ1n) is 8.01. The number of benzene rings is 1. The van der Waals surface area contributed by atoms with Gasteiger partial charge in [0.05, 0.1) is 11.9 Å². The van der Waals surface area contributed by atoms with Crippen LogP contribution in [-0.4, -0.2) is 48.3 Å². The number of pyridine rings is 1. The van der Waals surface area contributed by atoms with E-state index in [0.29, 0.717) is 24.6 Å². The van der Waals surface area contributed by atoms with Crippen molar-refractivity contribution in [1.29, 1.82) is 0 Å². The molecule has 3 aromatic rings. The molecule has 25 heavy (non-hydrogen) atoms. The molecule has 1 amide bonds. The van der Waals surface area contributed by atoms with E-state index in [2.05, 4.69) is 25.8 Å². The van der Waals surface area contributed by atoms with E-state index < -0.39 is 0 Å². The molecule has 2 N–H and O–H groups in total. The van der Waals surface area contributed by atoms with Gasteiger partial charge in [0, 0.05) is 44.8 Å². The molecule has 0 spiro atoms. The molecule has 0 saturated carbocycles. The van der Waals surface area contributed by atoms with Crippen LogP contribution in [0.4, 0.5) is 11.5 Å². The lowest BCUT2D eigenvalue weighted by atomic mass is 10.1. The van der Waals surface area contributed by atoms with Crippen LogP contribution < -0.4 is 15.5 Å². The molecule has 0 aliphatic heterocycles. The molecule has 0 radical (unpaired) electrons. The number of hydrogen-bond acceptors (Lipinski definition) is 6. The quantitative estimate of drug-likeness (QED) is 0.669. The molecule has 0 aliphatic carbocycles. The van der Waals surface area contributed by atoms with E-state index in [9.17, 15) is 4.79 Å². The van der Waals surface area contributed by atoms with Gasteiger partial charge in [0.2, 0.25) is 0 Å². The monoisotopic (exact) mass is 336 g/mol. The number of nitrogens with zero attached hydrogens (tertiary/aromatic N) is 4. The Kier molecular flexibility index (Phi) is 5.03. The zero-order valence-corrected chi connectivity index (χ0v) is 14.2. The first-order chi connectivity index (χ1) is 12.1. The molecular formula is C18H20N6O. The predicted octanol–water partition coefficient (Wildman–Crippen LogP) is 1.93. The van der Waals surface area contributed by atoms with Crippen LogP contribution in [0.15, 0.2) is 48.8 Å². The summed E-state index contributed by atoms with van der Waals surface area (Å²) in [7, 11) is 3.89. The zero-order valence-electron chi connectivity index (χ0n) is 14.2. The van der Waals surface area contributed by atoms with Crippen molar-refractivity contribution in [3.8, 4) is 0 Å². The number of carbonyl (C=O) groups excluding carboxylic acids is 1. The molecule has 7 nitrogen and oxygen atoms in total. The van der Waals surface area contributed by atoms with Gasteiger partial charge in [-0.25, -0.2) is 0 Å². The zero-order chi connectivity index (χ0) is 17.6. The number of amides is 1.